The van der Waals surface area contributed by atoms with Crippen molar-refractivity contribution in [2.24, 2.45) is 5.92 Å². The Balaban J connectivity index is 2.13. The molecule has 0 bridgehead atoms. The Morgan fingerprint density at radius 2 is 2.38 bits per heavy atom. The van der Waals surface area contributed by atoms with Crippen LogP contribution in [-0.2, 0) is 0 Å². The van der Waals surface area contributed by atoms with Gasteiger partial charge in [-0.2, -0.15) is 0 Å². The standard InChI is InChI=1S/C10H13N3O2S/c1-16-9-7(10(14)15)4-8(12-13-9)11-5-6-2-3-6/h4,6H,2-3,5H2,1H3,(H,11,12)(H,14,15). The highest BCUT2D eigenvalue weighted by atomic mass is 32.2. The molecule has 0 unspecified atom stereocenters. The van der Waals surface area contributed by atoms with Crippen LogP contribution in [0.25, 0.3) is 0 Å². The summed E-state index contributed by atoms with van der Waals surface area (Å²) >= 11 is 1.29. The van der Waals surface area contributed by atoms with Gasteiger partial charge in [0.15, 0.2) is 0 Å². The maximum Gasteiger partial charge on any atom is 0.338 e. The Labute approximate surface area is 97.7 Å². The van der Waals surface area contributed by atoms with E-state index in [2.05, 4.69) is 15.5 Å². The van der Waals surface area contributed by atoms with Gasteiger partial charge in [0.2, 0.25) is 0 Å². The molecule has 86 valence electrons. The molecule has 0 atom stereocenters. The first-order chi connectivity index (χ1) is 7.70. The normalized spacial score (nSPS) is 14.8. The van der Waals surface area contributed by atoms with Crippen molar-refractivity contribution in [3.05, 3.63) is 11.6 Å². The number of thioether (sulfide) groups is 1. The minimum atomic E-state index is -0.964. The molecule has 1 aliphatic carbocycles. The van der Waals surface area contributed by atoms with E-state index in [9.17, 15) is 4.79 Å². The number of carboxylic acids is 1. The first-order valence-electron chi connectivity index (χ1n) is 5.09. The third kappa shape index (κ3) is 2.63. The molecule has 1 aromatic rings. The summed E-state index contributed by atoms with van der Waals surface area (Å²) in [6.45, 7) is 0.854. The van der Waals surface area contributed by atoms with Crippen molar-refractivity contribution in [2.45, 2.75) is 17.9 Å². The van der Waals surface area contributed by atoms with Crippen LogP contribution in [-0.4, -0.2) is 34.1 Å². The summed E-state index contributed by atoms with van der Waals surface area (Å²) in [6.07, 6.45) is 4.28. The molecule has 0 amide bonds. The van der Waals surface area contributed by atoms with Crippen molar-refractivity contribution in [3.63, 3.8) is 0 Å². The highest BCUT2D eigenvalue weighted by Gasteiger charge is 2.21. The highest BCUT2D eigenvalue weighted by molar-refractivity contribution is 7.98. The molecule has 0 spiro atoms. The van der Waals surface area contributed by atoms with Crippen LogP contribution >= 0.6 is 11.8 Å². The smallest absolute Gasteiger partial charge is 0.338 e. The number of rotatable bonds is 5. The van der Waals surface area contributed by atoms with Gasteiger partial charge in [0.25, 0.3) is 0 Å². The quantitative estimate of drug-likeness (QED) is 0.762. The summed E-state index contributed by atoms with van der Waals surface area (Å²) in [4.78, 5) is 11.0. The number of hydrogen-bond acceptors (Lipinski definition) is 5. The molecule has 2 N–H and O–H groups in total. The van der Waals surface area contributed by atoms with Crippen molar-refractivity contribution in [3.8, 4) is 0 Å². The summed E-state index contributed by atoms with van der Waals surface area (Å²) in [5, 5.41) is 20.4. The lowest BCUT2D eigenvalue weighted by atomic mass is 10.3. The second-order valence-electron chi connectivity index (χ2n) is 3.78. The van der Waals surface area contributed by atoms with Crippen molar-refractivity contribution >= 4 is 23.5 Å². The molecule has 0 aliphatic heterocycles. The molecular formula is C10H13N3O2S. The van der Waals surface area contributed by atoms with Gasteiger partial charge < -0.3 is 10.4 Å². The van der Waals surface area contributed by atoms with E-state index >= 15 is 0 Å². The van der Waals surface area contributed by atoms with Crippen molar-refractivity contribution in [1.29, 1.82) is 0 Å². The lowest BCUT2D eigenvalue weighted by Gasteiger charge is -2.06. The Hall–Kier alpha value is -1.30. The van der Waals surface area contributed by atoms with Gasteiger partial charge >= 0.3 is 5.97 Å². The average molecular weight is 239 g/mol. The minimum Gasteiger partial charge on any atom is -0.478 e. The van der Waals surface area contributed by atoms with Gasteiger partial charge in [0, 0.05) is 6.54 Å². The SMILES string of the molecule is CSc1nnc(NCC2CC2)cc1C(=O)O. The third-order valence-corrected chi connectivity index (χ3v) is 3.14. The largest absolute Gasteiger partial charge is 0.478 e. The van der Waals surface area contributed by atoms with Crippen LogP contribution in [0.5, 0.6) is 0 Å². The number of carboxylic acid groups (broad SMARTS) is 1. The fraction of sp³-hybridized carbons (Fsp3) is 0.500. The van der Waals surface area contributed by atoms with E-state index in [4.69, 9.17) is 5.11 Å². The van der Waals surface area contributed by atoms with E-state index in [0.29, 0.717) is 10.8 Å². The second kappa shape index (κ2) is 4.69. The fourth-order valence-corrected chi connectivity index (χ4v) is 1.83. The van der Waals surface area contributed by atoms with Gasteiger partial charge in [0.05, 0.1) is 5.56 Å². The van der Waals surface area contributed by atoms with Crippen molar-refractivity contribution in [2.75, 3.05) is 18.1 Å². The van der Waals surface area contributed by atoms with Gasteiger partial charge in [-0.15, -0.1) is 22.0 Å². The summed E-state index contributed by atoms with van der Waals surface area (Å²) < 4.78 is 0. The van der Waals surface area contributed by atoms with Gasteiger partial charge in [-0.3, -0.25) is 0 Å². The molecular weight excluding hydrogens is 226 g/mol. The summed E-state index contributed by atoms with van der Waals surface area (Å²) in [5.74, 6) is 0.297. The molecule has 0 saturated heterocycles. The number of anilines is 1. The minimum absolute atomic E-state index is 0.209. The zero-order valence-electron chi connectivity index (χ0n) is 8.93. The molecule has 1 aliphatic rings. The maximum absolute atomic E-state index is 11.0. The summed E-state index contributed by atoms with van der Waals surface area (Å²) in [5.41, 5.74) is 0.209. The third-order valence-electron chi connectivity index (χ3n) is 2.45. The predicted octanol–water partition coefficient (Wildman–Crippen LogP) is 1.72. The average Bonchev–Trinajstić information content (AvgIpc) is 3.09. The Morgan fingerprint density at radius 1 is 1.62 bits per heavy atom. The monoisotopic (exact) mass is 239 g/mol. The molecule has 6 heteroatoms. The zero-order valence-corrected chi connectivity index (χ0v) is 9.75. The number of aromatic carboxylic acids is 1. The first kappa shape index (κ1) is 11.2. The van der Waals surface area contributed by atoms with Crippen LogP contribution in [0, 0.1) is 5.92 Å². The maximum atomic E-state index is 11.0. The van der Waals surface area contributed by atoms with E-state index in [1.165, 1.54) is 24.6 Å². The lowest BCUT2D eigenvalue weighted by Crippen LogP contribution is -2.09. The van der Waals surface area contributed by atoms with E-state index in [1.54, 1.807) is 12.3 Å². The topological polar surface area (TPSA) is 75.1 Å². The van der Waals surface area contributed by atoms with Crippen molar-refractivity contribution < 1.29 is 9.90 Å². The molecule has 0 radical (unpaired) electrons. The van der Waals surface area contributed by atoms with Crippen LogP contribution in [0.15, 0.2) is 11.1 Å². The second-order valence-corrected chi connectivity index (χ2v) is 4.58. The highest BCUT2D eigenvalue weighted by Crippen LogP contribution is 2.29. The molecule has 1 saturated carbocycles. The van der Waals surface area contributed by atoms with Gasteiger partial charge in [-0.1, -0.05) is 0 Å². The molecule has 5 nitrogen and oxygen atoms in total. The van der Waals surface area contributed by atoms with E-state index in [1.807, 2.05) is 0 Å². The summed E-state index contributed by atoms with van der Waals surface area (Å²) in [6, 6.07) is 1.55. The van der Waals surface area contributed by atoms with Crippen LogP contribution in [0.4, 0.5) is 5.82 Å². The van der Waals surface area contributed by atoms with Gasteiger partial charge in [0.1, 0.15) is 10.8 Å². The Morgan fingerprint density at radius 3 is 2.94 bits per heavy atom. The van der Waals surface area contributed by atoms with E-state index in [-0.39, 0.29) is 5.56 Å². The van der Waals surface area contributed by atoms with Crippen LogP contribution < -0.4 is 5.32 Å². The summed E-state index contributed by atoms with van der Waals surface area (Å²) in [7, 11) is 0. The Kier molecular flexibility index (Phi) is 3.28. The number of nitrogens with zero attached hydrogens (tertiary/aromatic N) is 2. The lowest BCUT2D eigenvalue weighted by molar-refractivity contribution is 0.0692. The number of aromatic nitrogens is 2. The van der Waals surface area contributed by atoms with Gasteiger partial charge in [-0.25, -0.2) is 4.79 Å². The van der Waals surface area contributed by atoms with E-state index in [0.717, 1.165) is 12.5 Å². The number of hydrogen-bond donors (Lipinski definition) is 2. The van der Waals surface area contributed by atoms with Crippen molar-refractivity contribution in [1.82, 2.24) is 10.2 Å². The molecule has 2 rings (SSSR count). The molecule has 16 heavy (non-hydrogen) atoms. The molecule has 0 aromatic carbocycles. The number of carbonyl (C=O) groups is 1. The first-order valence-corrected chi connectivity index (χ1v) is 6.32. The van der Waals surface area contributed by atoms with Crippen LogP contribution in [0.1, 0.15) is 23.2 Å². The van der Waals surface area contributed by atoms with E-state index < -0.39 is 5.97 Å². The van der Waals surface area contributed by atoms with Crippen LogP contribution in [0.2, 0.25) is 0 Å². The molecule has 1 fully saturated rings. The molecule has 1 aromatic heterocycles. The zero-order chi connectivity index (χ0) is 11.5. The van der Waals surface area contributed by atoms with Crippen LogP contribution in [0.3, 0.4) is 0 Å². The molecule has 1 heterocycles. The predicted molar refractivity (Wildman–Crippen MR) is 62.0 cm³/mol. The Bertz CT molecular complexity index is 407. The van der Waals surface area contributed by atoms with Gasteiger partial charge in [-0.05, 0) is 31.1 Å². The number of nitrogens with one attached hydrogen (secondary N) is 1. The fourth-order valence-electron chi connectivity index (χ4n) is 1.34.